The highest BCUT2D eigenvalue weighted by Crippen LogP contribution is 2.44. The third kappa shape index (κ3) is 5.62. The van der Waals surface area contributed by atoms with E-state index in [-0.39, 0.29) is 17.9 Å². The Kier molecular flexibility index (Phi) is 7.99. The van der Waals surface area contributed by atoms with Gasteiger partial charge in [0.2, 0.25) is 0 Å². The molecule has 0 bridgehead atoms. The molecule has 1 aliphatic carbocycles. The largest absolute Gasteiger partial charge is 0.368 e. The number of piperazine rings is 1. The first kappa shape index (κ1) is 26.8. The molecule has 7 nitrogen and oxygen atoms in total. The molecule has 210 valence electrons. The fourth-order valence-electron chi connectivity index (χ4n) is 6.94. The van der Waals surface area contributed by atoms with Gasteiger partial charge in [0.15, 0.2) is 0 Å². The molecule has 3 fully saturated rings. The van der Waals surface area contributed by atoms with E-state index >= 15 is 0 Å². The lowest BCUT2D eigenvalue weighted by Gasteiger charge is -2.39. The topological polar surface area (TPSA) is 67.7 Å². The van der Waals surface area contributed by atoms with Crippen molar-refractivity contribution in [3.63, 3.8) is 0 Å². The van der Waals surface area contributed by atoms with Crippen LogP contribution in [0.4, 0.5) is 0 Å². The summed E-state index contributed by atoms with van der Waals surface area (Å²) in [6.07, 6.45) is 14.8. The van der Waals surface area contributed by atoms with Crippen molar-refractivity contribution >= 4 is 23.4 Å². The molecule has 1 unspecified atom stereocenters. The maximum atomic E-state index is 13.2. The molecule has 1 spiro atoms. The zero-order chi connectivity index (χ0) is 26.8. The van der Waals surface area contributed by atoms with Gasteiger partial charge < -0.3 is 19.1 Å². The van der Waals surface area contributed by atoms with E-state index in [1.54, 1.807) is 0 Å². The van der Waals surface area contributed by atoms with Gasteiger partial charge in [0.25, 0.3) is 11.8 Å². The molecule has 1 aromatic heterocycles. The lowest BCUT2D eigenvalue weighted by molar-refractivity contribution is -0.157. The standard InChI is InChI=1S/C31H41ClN4O3/c32-28-27(33-26-12-16-31(22-36(26)28)14-6-4-2-1-3-5-7-15-31)23-8-10-24(11-9-23)29(37)34-17-19-35(20-18-34)30(38)25-13-21-39-25/h8-11,25H,1-7,12-22H2. The average molecular weight is 553 g/mol. The molecule has 3 aliphatic heterocycles. The van der Waals surface area contributed by atoms with Gasteiger partial charge in [-0.25, -0.2) is 4.98 Å². The van der Waals surface area contributed by atoms with Crippen molar-refractivity contribution in [2.75, 3.05) is 32.8 Å². The summed E-state index contributed by atoms with van der Waals surface area (Å²) in [6, 6.07) is 7.71. The number of hydrogen-bond acceptors (Lipinski definition) is 4. The average Bonchev–Trinajstić information content (AvgIpc) is 3.26. The number of halogens is 1. The second kappa shape index (κ2) is 11.6. The Balaban J connectivity index is 1.11. The normalized spacial score (nSPS) is 23.7. The first-order valence-electron chi connectivity index (χ1n) is 15.1. The van der Waals surface area contributed by atoms with Gasteiger partial charge in [-0.3, -0.25) is 9.59 Å². The fourth-order valence-corrected chi connectivity index (χ4v) is 7.25. The van der Waals surface area contributed by atoms with E-state index in [0.717, 1.165) is 41.6 Å². The molecular formula is C31H41ClN4O3. The molecule has 1 aromatic carbocycles. The van der Waals surface area contributed by atoms with E-state index in [0.29, 0.717) is 43.8 Å². The maximum absolute atomic E-state index is 13.2. The predicted octanol–water partition coefficient (Wildman–Crippen LogP) is 5.73. The summed E-state index contributed by atoms with van der Waals surface area (Å²) in [5.41, 5.74) is 2.78. The van der Waals surface area contributed by atoms with Crippen LogP contribution < -0.4 is 0 Å². The van der Waals surface area contributed by atoms with Crippen LogP contribution in [0.3, 0.4) is 0 Å². The lowest BCUT2D eigenvalue weighted by Crippen LogP contribution is -2.54. The lowest BCUT2D eigenvalue weighted by atomic mass is 9.72. The first-order chi connectivity index (χ1) is 19.0. The van der Waals surface area contributed by atoms with E-state index in [1.165, 1.54) is 64.2 Å². The molecule has 2 amide bonds. The van der Waals surface area contributed by atoms with Crippen molar-refractivity contribution in [3.8, 4) is 11.3 Å². The number of rotatable bonds is 3. The monoisotopic (exact) mass is 552 g/mol. The zero-order valence-electron chi connectivity index (χ0n) is 23.0. The molecule has 2 aromatic rings. The highest BCUT2D eigenvalue weighted by Gasteiger charge is 2.37. The summed E-state index contributed by atoms with van der Waals surface area (Å²) in [4.78, 5) is 34.2. The summed E-state index contributed by atoms with van der Waals surface area (Å²) in [5.74, 6) is 1.16. The molecule has 2 saturated heterocycles. The van der Waals surface area contributed by atoms with Gasteiger partial charge in [0.1, 0.15) is 22.8 Å². The number of benzene rings is 1. The number of aryl methyl sites for hydroxylation is 1. The highest BCUT2D eigenvalue weighted by atomic mass is 35.5. The van der Waals surface area contributed by atoms with Crippen molar-refractivity contribution in [3.05, 3.63) is 40.8 Å². The minimum atomic E-state index is -0.281. The van der Waals surface area contributed by atoms with Gasteiger partial charge in [-0.2, -0.15) is 0 Å². The second-order valence-electron chi connectivity index (χ2n) is 12.1. The highest BCUT2D eigenvalue weighted by molar-refractivity contribution is 6.32. The van der Waals surface area contributed by atoms with E-state index < -0.39 is 0 Å². The van der Waals surface area contributed by atoms with Crippen molar-refractivity contribution in [1.82, 2.24) is 19.4 Å². The van der Waals surface area contributed by atoms with Crippen LogP contribution in [0.5, 0.6) is 0 Å². The van der Waals surface area contributed by atoms with Gasteiger partial charge in [-0.05, 0) is 36.8 Å². The fraction of sp³-hybridized carbons (Fsp3) is 0.645. The number of ether oxygens (including phenoxy) is 1. The van der Waals surface area contributed by atoms with Gasteiger partial charge in [0, 0.05) is 56.7 Å². The quantitative estimate of drug-likeness (QED) is 0.487. The third-order valence-corrected chi connectivity index (χ3v) is 9.91. The molecule has 39 heavy (non-hydrogen) atoms. The SMILES string of the molecule is O=C(c1ccc(-c2nc3n(c2Cl)CC2(CCCCCCCCC2)CC3)cc1)N1CCN(C(=O)C2CCO2)CC1. The Morgan fingerprint density at radius 2 is 1.49 bits per heavy atom. The number of fused-ring (bicyclic) bond motifs is 1. The number of aromatic nitrogens is 2. The Hall–Kier alpha value is -2.38. The number of amides is 2. The summed E-state index contributed by atoms with van der Waals surface area (Å²) in [7, 11) is 0. The molecule has 4 heterocycles. The Morgan fingerprint density at radius 1 is 0.872 bits per heavy atom. The van der Waals surface area contributed by atoms with E-state index in [1.807, 2.05) is 34.1 Å². The van der Waals surface area contributed by atoms with Crippen LogP contribution in [0.25, 0.3) is 11.3 Å². The summed E-state index contributed by atoms with van der Waals surface area (Å²) < 4.78 is 7.61. The van der Waals surface area contributed by atoms with Crippen molar-refractivity contribution < 1.29 is 14.3 Å². The number of hydrogen-bond donors (Lipinski definition) is 0. The van der Waals surface area contributed by atoms with Gasteiger partial charge in [-0.1, -0.05) is 68.7 Å². The van der Waals surface area contributed by atoms with E-state index in [9.17, 15) is 9.59 Å². The molecule has 6 rings (SSSR count). The maximum Gasteiger partial charge on any atom is 0.253 e. The molecule has 1 atom stereocenters. The van der Waals surface area contributed by atoms with Crippen LogP contribution in [0.2, 0.25) is 5.15 Å². The third-order valence-electron chi connectivity index (χ3n) is 9.53. The van der Waals surface area contributed by atoms with Gasteiger partial charge in [0.05, 0.1) is 6.61 Å². The van der Waals surface area contributed by atoms with Gasteiger partial charge in [-0.15, -0.1) is 0 Å². The first-order valence-corrected chi connectivity index (χ1v) is 15.5. The smallest absolute Gasteiger partial charge is 0.253 e. The van der Waals surface area contributed by atoms with Crippen LogP contribution >= 0.6 is 11.6 Å². The van der Waals surface area contributed by atoms with Gasteiger partial charge >= 0.3 is 0 Å². The Bertz CT molecular complexity index is 1170. The zero-order valence-corrected chi connectivity index (χ0v) is 23.8. The van der Waals surface area contributed by atoms with Crippen LogP contribution in [-0.4, -0.2) is 70.1 Å². The number of nitrogens with zero attached hydrogens (tertiary/aromatic N) is 4. The minimum Gasteiger partial charge on any atom is -0.368 e. The Morgan fingerprint density at radius 3 is 2.10 bits per heavy atom. The summed E-state index contributed by atoms with van der Waals surface area (Å²) >= 11 is 6.99. The summed E-state index contributed by atoms with van der Waals surface area (Å²) in [6.45, 7) is 3.84. The predicted molar refractivity (Wildman–Crippen MR) is 152 cm³/mol. The minimum absolute atomic E-state index is 0.00159. The summed E-state index contributed by atoms with van der Waals surface area (Å²) in [5, 5.41) is 0.733. The van der Waals surface area contributed by atoms with Crippen molar-refractivity contribution in [2.24, 2.45) is 5.41 Å². The van der Waals surface area contributed by atoms with Crippen molar-refractivity contribution in [1.29, 1.82) is 0 Å². The second-order valence-corrected chi connectivity index (χ2v) is 12.4. The van der Waals surface area contributed by atoms with Crippen LogP contribution in [0, 0.1) is 5.41 Å². The molecule has 4 aliphatic rings. The van der Waals surface area contributed by atoms with Crippen molar-refractivity contribution in [2.45, 2.75) is 89.7 Å². The molecular weight excluding hydrogens is 512 g/mol. The van der Waals surface area contributed by atoms with Crippen LogP contribution in [-0.2, 0) is 22.5 Å². The number of carbonyl (C=O) groups excluding carboxylic acids is 2. The number of carbonyl (C=O) groups is 2. The molecule has 0 N–H and O–H groups in total. The molecule has 1 saturated carbocycles. The van der Waals surface area contributed by atoms with Crippen LogP contribution in [0.15, 0.2) is 24.3 Å². The van der Waals surface area contributed by atoms with E-state index in [4.69, 9.17) is 21.3 Å². The molecule has 8 heteroatoms. The van der Waals surface area contributed by atoms with Crippen LogP contribution in [0.1, 0.15) is 86.8 Å². The number of imidazole rings is 1. The van der Waals surface area contributed by atoms with E-state index in [2.05, 4.69) is 4.57 Å². The molecule has 0 radical (unpaired) electrons. The Labute approximate surface area is 236 Å².